The van der Waals surface area contributed by atoms with Crippen LogP contribution in [0.1, 0.15) is 20.8 Å². The molecule has 0 amide bonds. The molecule has 0 saturated carbocycles. The molecule has 1 aliphatic rings. The Labute approximate surface area is 199 Å². The predicted octanol–water partition coefficient (Wildman–Crippen LogP) is 2.18. The first-order valence-corrected chi connectivity index (χ1v) is 10.8. The van der Waals surface area contributed by atoms with E-state index in [4.69, 9.17) is 33.2 Å². The summed E-state index contributed by atoms with van der Waals surface area (Å²) in [5.74, 6) is 0.0584. The summed E-state index contributed by atoms with van der Waals surface area (Å²) in [6.45, 7) is 12.0. The molecule has 2 rings (SSSR count). The third-order valence-corrected chi connectivity index (χ3v) is 4.60. The van der Waals surface area contributed by atoms with Gasteiger partial charge in [0.2, 0.25) is 0 Å². The van der Waals surface area contributed by atoms with Crippen molar-refractivity contribution in [3.8, 4) is 17.2 Å². The molecule has 0 aliphatic carbocycles. The van der Waals surface area contributed by atoms with Gasteiger partial charge in [0.05, 0.1) is 0 Å². The van der Waals surface area contributed by atoms with E-state index in [-0.39, 0.29) is 19.8 Å². The van der Waals surface area contributed by atoms with Gasteiger partial charge >= 0.3 is 11.9 Å². The Morgan fingerprint density at radius 1 is 1.00 bits per heavy atom. The van der Waals surface area contributed by atoms with E-state index in [1.54, 1.807) is 37.3 Å². The van der Waals surface area contributed by atoms with Crippen LogP contribution in [0.3, 0.4) is 0 Å². The fourth-order valence-electron chi connectivity index (χ4n) is 3.26. The maximum atomic E-state index is 11.6. The first-order valence-electron chi connectivity index (χ1n) is 10.8. The average Bonchev–Trinajstić information content (AvgIpc) is 2.79. The summed E-state index contributed by atoms with van der Waals surface area (Å²) in [6, 6.07) is 4.97. The normalized spacial score (nSPS) is 23.9. The molecular weight excluding hydrogens is 448 g/mol. The zero-order valence-corrected chi connectivity index (χ0v) is 19.6. The number of aliphatic hydroxyl groups excluding tert-OH is 1. The summed E-state index contributed by atoms with van der Waals surface area (Å²) in [5, 5.41) is 10.8. The highest BCUT2D eigenvalue weighted by atomic mass is 16.7. The molecule has 1 saturated heterocycles. The van der Waals surface area contributed by atoms with E-state index in [0.717, 1.165) is 0 Å². The van der Waals surface area contributed by atoms with Crippen LogP contribution in [-0.4, -0.2) is 74.2 Å². The van der Waals surface area contributed by atoms with Gasteiger partial charge in [0, 0.05) is 26.5 Å². The maximum absolute atomic E-state index is 11.6. The van der Waals surface area contributed by atoms with E-state index < -0.39 is 42.6 Å². The van der Waals surface area contributed by atoms with Crippen molar-refractivity contribution >= 4 is 11.9 Å². The maximum Gasteiger partial charge on any atom is 0.303 e. The van der Waals surface area contributed by atoms with Crippen molar-refractivity contribution in [1.29, 1.82) is 0 Å². The Bertz CT molecular complexity index is 839. The number of hydrogen-bond acceptors (Lipinski definition) is 10. The number of ether oxygens (including phenoxy) is 7. The van der Waals surface area contributed by atoms with E-state index in [1.807, 2.05) is 0 Å². The van der Waals surface area contributed by atoms with Crippen molar-refractivity contribution in [2.45, 2.75) is 51.5 Å². The van der Waals surface area contributed by atoms with Gasteiger partial charge in [-0.25, -0.2) is 0 Å². The van der Waals surface area contributed by atoms with Crippen molar-refractivity contribution < 1.29 is 47.9 Å². The van der Waals surface area contributed by atoms with Crippen LogP contribution in [0.4, 0.5) is 0 Å². The first-order chi connectivity index (χ1) is 16.3. The van der Waals surface area contributed by atoms with Crippen LogP contribution < -0.4 is 14.2 Å². The molecule has 34 heavy (non-hydrogen) atoms. The van der Waals surface area contributed by atoms with Crippen LogP contribution in [0, 0.1) is 0 Å². The number of carbonyl (C=O) groups excluding carboxylic acids is 2. The zero-order valence-electron chi connectivity index (χ0n) is 19.6. The van der Waals surface area contributed by atoms with Crippen molar-refractivity contribution in [2.24, 2.45) is 0 Å². The van der Waals surface area contributed by atoms with E-state index in [9.17, 15) is 14.7 Å². The summed E-state index contributed by atoms with van der Waals surface area (Å²) in [4.78, 5) is 23.2. The average molecular weight is 481 g/mol. The second-order valence-corrected chi connectivity index (χ2v) is 7.26. The van der Waals surface area contributed by atoms with Crippen LogP contribution in [0.25, 0.3) is 0 Å². The van der Waals surface area contributed by atoms with Gasteiger partial charge in [-0.05, 0) is 19.1 Å². The van der Waals surface area contributed by atoms with Gasteiger partial charge in [0.15, 0.2) is 30.0 Å². The predicted molar refractivity (Wildman–Crippen MR) is 121 cm³/mol. The van der Waals surface area contributed by atoms with Crippen molar-refractivity contribution in [3.63, 3.8) is 0 Å². The molecule has 10 nitrogen and oxygen atoms in total. The summed E-state index contributed by atoms with van der Waals surface area (Å²) < 4.78 is 38.9. The van der Waals surface area contributed by atoms with E-state index >= 15 is 0 Å². The molecule has 1 heterocycles. The lowest BCUT2D eigenvalue weighted by Crippen LogP contribution is -2.62. The second kappa shape index (κ2) is 13.6. The van der Waals surface area contributed by atoms with E-state index in [1.165, 1.54) is 13.8 Å². The molecule has 1 aliphatic heterocycles. The lowest BCUT2D eigenvalue weighted by atomic mass is 9.98. The third kappa shape index (κ3) is 7.75. The highest BCUT2D eigenvalue weighted by Crippen LogP contribution is 2.33. The van der Waals surface area contributed by atoms with E-state index in [2.05, 4.69) is 13.2 Å². The second-order valence-electron chi connectivity index (χ2n) is 7.26. The molecule has 188 valence electrons. The van der Waals surface area contributed by atoms with Gasteiger partial charge in [-0.3, -0.25) is 9.59 Å². The molecule has 0 radical (unpaired) electrons. The molecule has 1 N–H and O–H groups in total. The topological polar surface area (TPSA) is 119 Å². The molecule has 1 fully saturated rings. The lowest BCUT2D eigenvalue weighted by Gasteiger charge is -2.42. The van der Waals surface area contributed by atoms with E-state index in [0.29, 0.717) is 23.9 Å². The number of aliphatic hydroxyl groups is 1. The van der Waals surface area contributed by atoms with Gasteiger partial charge < -0.3 is 38.3 Å². The summed E-state index contributed by atoms with van der Waals surface area (Å²) in [7, 11) is 0. The number of rotatable bonds is 13. The molecule has 1 aromatic rings. The Hall–Kier alpha value is -3.08. The molecule has 0 aromatic heterocycles. The first kappa shape index (κ1) is 27.2. The fraction of sp³-hybridized carbons (Fsp3) is 0.500. The Kier molecular flexibility index (Phi) is 10.9. The summed E-state index contributed by atoms with van der Waals surface area (Å²) in [6.07, 6.45) is -2.52. The van der Waals surface area contributed by atoms with Crippen LogP contribution in [0.15, 0.2) is 43.5 Å². The minimum absolute atomic E-state index is 0.122. The number of esters is 2. The smallest absolute Gasteiger partial charge is 0.303 e. The standard InChI is InChI=1S/C24H32O10/c1-6-11-29-18-10-9-17(13-19(18)30-12-7-2)31-14-20-21(27)22(32-15(4)25)23(33-16(5)26)24(34-20)28-8-3/h6-7,9-10,13,20-24,27H,1-2,8,11-12,14H2,3-5H3/t20-,21-,22+,23-,24-/m0/s1. The SMILES string of the molecule is C=CCOc1ccc(OC[C@@H]2O[C@H](OCC)[C@@H](OC(C)=O)[C@H](OC(C)=O)[C@H]2O)cc1OCC=C. The minimum atomic E-state index is -1.35. The Morgan fingerprint density at radius 3 is 2.21 bits per heavy atom. The highest BCUT2D eigenvalue weighted by Gasteiger charge is 2.50. The van der Waals surface area contributed by atoms with Gasteiger partial charge in [-0.1, -0.05) is 25.3 Å². The molecular formula is C24H32O10. The molecule has 10 heteroatoms. The quantitative estimate of drug-likeness (QED) is 0.332. The summed E-state index contributed by atoms with van der Waals surface area (Å²) in [5.41, 5.74) is 0. The molecule has 0 bridgehead atoms. The Morgan fingerprint density at radius 2 is 1.62 bits per heavy atom. The van der Waals surface area contributed by atoms with Crippen LogP contribution in [0.2, 0.25) is 0 Å². The Balaban J connectivity index is 2.19. The fourth-order valence-corrected chi connectivity index (χ4v) is 3.26. The largest absolute Gasteiger partial charge is 0.491 e. The number of carbonyl (C=O) groups is 2. The molecule has 5 atom stereocenters. The van der Waals surface area contributed by atoms with Gasteiger partial charge in [0.25, 0.3) is 0 Å². The molecule has 0 spiro atoms. The third-order valence-electron chi connectivity index (χ3n) is 4.60. The minimum Gasteiger partial charge on any atom is -0.491 e. The molecule has 0 unspecified atom stereocenters. The number of hydrogen-bond donors (Lipinski definition) is 1. The highest BCUT2D eigenvalue weighted by molar-refractivity contribution is 5.67. The van der Waals surface area contributed by atoms with Crippen LogP contribution in [0.5, 0.6) is 17.2 Å². The van der Waals surface area contributed by atoms with Crippen LogP contribution in [-0.2, 0) is 28.5 Å². The van der Waals surface area contributed by atoms with Crippen molar-refractivity contribution in [2.75, 3.05) is 26.4 Å². The monoisotopic (exact) mass is 480 g/mol. The number of benzene rings is 1. The zero-order chi connectivity index (χ0) is 25.1. The van der Waals surface area contributed by atoms with Gasteiger partial charge in [-0.15, -0.1) is 0 Å². The van der Waals surface area contributed by atoms with Gasteiger partial charge in [0.1, 0.15) is 37.8 Å². The van der Waals surface area contributed by atoms with Gasteiger partial charge in [-0.2, -0.15) is 0 Å². The van der Waals surface area contributed by atoms with Crippen LogP contribution >= 0.6 is 0 Å². The molecule has 1 aromatic carbocycles. The summed E-state index contributed by atoms with van der Waals surface area (Å²) >= 11 is 0. The van der Waals surface area contributed by atoms with Crippen molar-refractivity contribution in [3.05, 3.63) is 43.5 Å². The van der Waals surface area contributed by atoms with Crippen molar-refractivity contribution in [1.82, 2.24) is 0 Å². The lowest BCUT2D eigenvalue weighted by molar-refractivity contribution is -0.303.